The Hall–Kier alpha value is -3.72. The number of rotatable bonds is 5. The summed E-state index contributed by atoms with van der Waals surface area (Å²) in [5, 5.41) is 8.65. The molecule has 182 valence electrons. The molecule has 3 aromatic rings. The molecule has 0 aliphatic heterocycles. The van der Waals surface area contributed by atoms with Gasteiger partial charge in [-0.05, 0) is 30.3 Å². The molecule has 0 radical (unpaired) electrons. The number of aliphatic imine (C=N–C) groups is 1. The number of benzene rings is 1. The minimum absolute atomic E-state index is 0.0368. The Morgan fingerprint density at radius 1 is 1.31 bits per heavy atom. The SMILES string of the molecule is N/N=C(\N=NC/C(N)=C/C(=N/c1ncccc1Cl)c1nc2c(F)cc(Br)cc2c(=O)o1)C(F)(F)F. The van der Waals surface area contributed by atoms with Crippen LogP contribution in [-0.4, -0.2) is 34.2 Å². The second-order valence-corrected chi connectivity index (χ2v) is 7.79. The summed E-state index contributed by atoms with van der Waals surface area (Å²) in [6, 6.07) is 5.41. The van der Waals surface area contributed by atoms with Crippen molar-refractivity contribution in [1.29, 1.82) is 0 Å². The Balaban J connectivity index is 2.10. The molecular weight excluding hydrogens is 564 g/mol. The third-order valence-electron chi connectivity index (χ3n) is 3.95. The van der Waals surface area contributed by atoms with Gasteiger partial charge in [0.05, 0.1) is 17.0 Å². The number of nitrogens with two attached hydrogens (primary N) is 2. The van der Waals surface area contributed by atoms with Crippen molar-refractivity contribution in [2.45, 2.75) is 6.18 Å². The molecule has 0 atom stereocenters. The summed E-state index contributed by atoms with van der Waals surface area (Å²) in [7, 11) is 0. The van der Waals surface area contributed by atoms with Crippen LogP contribution < -0.4 is 17.2 Å². The van der Waals surface area contributed by atoms with Crippen LogP contribution in [0, 0.1) is 5.82 Å². The highest BCUT2D eigenvalue weighted by Crippen LogP contribution is 2.24. The van der Waals surface area contributed by atoms with Crippen molar-refractivity contribution in [2.75, 3.05) is 6.54 Å². The van der Waals surface area contributed by atoms with Crippen LogP contribution in [0.5, 0.6) is 0 Å². The summed E-state index contributed by atoms with van der Waals surface area (Å²) < 4.78 is 57.9. The van der Waals surface area contributed by atoms with E-state index in [4.69, 9.17) is 21.8 Å². The fourth-order valence-corrected chi connectivity index (χ4v) is 3.08. The monoisotopic (exact) mass is 574 g/mol. The Morgan fingerprint density at radius 2 is 2.06 bits per heavy atom. The van der Waals surface area contributed by atoms with Crippen LogP contribution in [0.2, 0.25) is 5.02 Å². The summed E-state index contributed by atoms with van der Waals surface area (Å²) in [6.45, 7) is -0.566. The first-order valence-electron chi connectivity index (χ1n) is 9.17. The molecule has 3 rings (SSSR count). The molecule has 0 saturated carbocycles. The summed E-state index contributed by atoms with van der Waals surface area (Å²) in [5.41, 5.74) is 4.13. The molecule has 0 amide bonds. The van der Waals surface area contributed by atoms with Crippen molar-refractivity contribution in [3.63, 3.8) is 0 Å². The minimum atomic E-state index is -4.92. The van der Waals surface area contributed by atoms with Crippen molar-refractivity contribution < 1.29 is 22.0 Å². The zero-order valence-electron chi connectivity index (χ0n) is 17.1. The second kappa shape index (κ2) is 10.7. The summed E-state index contributed by atoms with van der Waals surface area (Å²) in [5.74, 6) is 1.65. The fraction of sp³-hybridized carbons (Fsp3) is 0.105. The molecule has 2 heterocycles. The van der Waals surface area contributed by atoms with Crippen LogP contribution in [0.15, 0.2) is 76.2 Å². The predicted molar refractivity (Wildman–Crippen MR) is 123 cm³/mol. The van der Waals surface area contributed by atoms with E-state index in [0.29, 0.717) is 0 Å². The van der Waals surface area contributed by atoms with Crippen LogP contribution in [0.4, 0.5) is 23.4 Å². The first-order valence-corrected chi connectivity index (χ1v) is 10.3. The maximum Gasteiger partial charge on any atom is 0.455 e. The third-order valence-corrected chi connectivity index (χ3v) is 4.70. The lowest BCUT2D eigenvalue weighted by atomic mass is 10.2. The van der Waals surface area contributed by atoms with Crippen molar-refractivity contribution in [2.24, 2.45) is 31.9 Å². The molecule has 4 N–H and O–H groups in total. The number of alkyl halides is 3. The van der Waals surface area contributed by atoms with Gasteiger partial charge < -0.3 is 16.0 Å². The van der Waals surface area contributed by atoms with E-state index in [0.717, 1.165) is 12.1 Å². The van der Waals surface area contributed by atoms with Gasteiger partial charge in [0.25, 0.3) is 5.84 Å². The largest absolute Gasteiger partial charge is 0.455 e. The second-order valence-electron chi connectivity index (χ2n) is 6.47. The first kappa shape index (κ1) is 25.9. The topological polar surface area (TPSA) is 157 Å². The highest BCUT2D eigenvalue weighted by atomic mass is 79.9. The maximum atomic E-state index is 14.5. The van der Waals surface area contributed by atoms with Crippen molar-refractivity contribution >= 4 is 55.8 Å². The van der Waals surface area contributed by atoms with Gasteiger partial charge in [0.15, 0.2) is 11.6 Å². The number of fused-ring (bicyclic) bond motifs is 1. The van der Waals surface area contributed by atoms with E-state index >= 15 is 0 Å². The van der Waals surface area contributed by atoms with Gasteiger partial charge in [-0.3, -0.25) is 0 Å². The number of nitrogens with zero attached hydrogens (tertiary/aromatic N) is 6. The number of allylic oxidation sites excluding steroid dienone is 1. The van der Waals surface area contributed by atoms with Crippen LogP contribution in [0.25, 0.3) is 10.9 Å². The molecule has 0 fully saturated rings. The first-order chi connectivity index (χ1) is 16.5. The zero-order valence-corrected chi connectivity index (χ0v) is 19.4. The van der Waals surface area contributed by atoms with Gasteiger partial charge in [-0.1, -0.05) is 27.5 Å². The van der Waals surface area contributed by atoms with Crippen LogP contribution >= 0.6 is 27.5 Å². The average Bonchev–Trinajstić information content (AvgIpc) is 2.77. The average molecular weight is 576 g/mol. The smallest absolute Gasteiger partial charge is 0.401 e. The minimum Gasteiger partial charge on any atom is -0.401 e. The van der Waals surface area contributed by atoms with Crippen LogP contribution in [-0.2, 0) is 0 Å². The van der Waals surface area contributed by atoms with E-state index in [2.05, 4.69) is 52.1 Å². The highest BCUT2D eigenvalue weighted by molar-refractivity contribution is 9.10. The van der Waals surface area contributed by atoms with E-state index in [9.17, 15) is 22.4 Å². The normalized spacial score (nSPS) is 13.7. The number of azo groups is 1. The molecule has 0 aliphatic rings. The molecule has 0 bridgehead atoms. The molecular formula is C19H12BrClF4N8O2. The number of halogens is 6. The van der Waals surface area contributed by atoms with Crippen molar-refractivity contribution in [1.82, 2.24) is 9.97 Å². The predicted octanol–water partition coefficient (Wildman–Crippen LogP) is 4.39. The van der Waals surface area contributed by atoms with Gasteiger partial charge in [-0.25, -0.2) is 24.1 Å². The van der Waals surface area contributed by atoms with E-state index < -0.39 is 35.9 Å². The van der Waals surface area contributed by atoms with E-state index in [1.54, 1.807) is 0 Å². The Labute approximate surface area is 206 Å². The van der Waals surface area contributed by atoms with Crippen LogP contribution in [0.3, 0.4) is 0 Å². The van der Waals surface area contributed by atoms with Gasteiger partial charge in [0.2, 0.25) is 5.89 Å². The quantitative estimate of drug-likeness (QED) is 0.115. The summed E-state index contributed by atoms with van der Waals surface area (Å²) in [4.78, 5) is 24.6. The molecule has 10 nitrogen and oxygen atoms in total. The van der Waals surface area contributed by atoms with Crippen molar-refractivity contribution in [3.8, 4) is 0 Å². The molecule has 1 aromatic carbocycles. The number of hydrogen-bond donors (Lipinski definition) is 2. The highest BCUT2D eigenvalue weighted by Gasteiger charge is 2.36. The summed E-state index contributed by atoms with van der Waals surface area (Å²) in [6.07, 6.45) is -2.48. The Kier molecular flexibility index (Phi) is 7.91. The van der Waals surface area contributed by atoms with Crippen molar-refractivity contribution in [3.05, 3.63) is 73.9 Å². The van der Waals surface area contributed by atoms with E-state index in [-0.39, 0.29) is 37.6 Å². The van der Waals surface area contributed by atoms with E-state index in [1.807, 2.05) is 0 Å². The van der Waals surface area contributed by atoms with E-state index in [1.165, 1.54) is 24.4 Å². The zero-order chi connectivity index (χ0) is 25.8. The number of amidine groups is 1. The van der Waals surface area contributed by atoms with Crippen LogP contribution in [0.1, 0.15) is 5.89 Å². The number of hydrogen-bond acceptors (Lipinski definition) is 9. The standard InChI is InChI=1S/C19H12BrClF4N8O2/c20-8-4-10-14(12(22)5-8)31-16(35-17(10)34)13(30-15-11(21)2-1-3-28-15)6-9(26)7-29-33-18(32-27)19(23,24)25/h1-6H,7,26-27H2/b9-6-,30-13-,32-18-,33-29?. The van der Waals surface area contributed by atoms with Gasteiger partial charge in [0.1, 0.15) is 11.2 Å². The van der Waals surface area contributed by atoms with Gasteiger partial charge in [-0.2, -0.15) is 23.4 Å². The number of aromatic nitrogens is 2. The van der Waals surface area contributed by atoms with Gasteiger partial charge in [0, 0.05) is 16.4 Å². The molecule has 0 spiro atoms. The molecule has 2 aromatic heterocycles. The molecule has 35 heavy (non-hydrogen) atoms. The lowest BCUT2D eigenvalue weighted by Gasteiger charge is -2.06. The molecule has 16 heteroatoms. The van der Waals surface area contributed by atoms with Gasteiger partial charge >= 0.3 is 11.8 Å². The lowest BCUT2D eigenvalue weighted by Crippen LogP contribution is -2.22. The third kappa shape index (κ3) is 6.45. The Bertz CT molecular complexity index is 1450. The number of hydrazone groups is 1. The fourth-order valence-electron chi connectivity index (χ4n) is 2.49. The molecule has 0 unspecified atom stereocenters. The lowest BCUT2D eigenvalue weighted by molar-refractivity contribution is -0.0602. The maximum absolute atomic E-state index is 14.5. The molecule has 0 saturated heterocycles. The number of pyridine rings is 1. The molecule has 0 aliphatic carbocycles. The summed E-state index contributed by atoms with van der Waals surface area (Å²) >= 11 is 9.15. The Morgan fingerprint density at radius 3 is 2.71 bits per heavy atom. The van der Waals surface area contributed by atoms with Gasteiger partial charge in [-0.15, -0.1) is 5.11 Å².